The van der Waals surface area contributed by atoms with Crippen molar-refractivity contribution in [3.63, 3.8) is 0 Å². The Bertz CT molecular complexity index is 516. The van der Waals surface area contributed by atoms with E-state index in [1.165, 1.54) is 18.5 Å². The van der Waals surface area contributed by atoms with E-state index in [-0.39, 0.29) is 11.9 Å². The van der Waals surface area contributed by atoms with Crippen molar-refractivity contribution in [2.24, 2.45) is 0 Å². The van der Waals surface area contributed by atoms with Gasteiger partial charge in [0, 0.05) is 6.04 Å². The molecule has 1 atom stereocenters. The van der Waals surface area contributed by atoms with Crippen LogP contribution in [0.2, 0.25) is 5.02 Å². The van der Waals surface area contributed by atoms with Crippen LogP contribution >= 0.6 is 11.6 Å². The smallest absolute Gasteiger partial charge is 0.148 e. The maximum absolute atomic E-state index is 12.8. The van der Waals surface area contributed by atoms with Gasteiger partial charge >= 0.3 is 0 Å². The number of aromatic nitrogens is 2. The van der Waals surface area contributed by atoms with Crippen LogP contribution in [-0.2, 0) is 6.42 Å². The van der Waals surface area contributed by atoms with E-state index in [1.807, 2.05) is 6.92 Å². The summed E-state index contributed by atoms with van der Waals surface area (Å²) >= 11 is 5.95. The van der Waals surface area contributed by atoms with Gasteiger partial charge < -0.3 is 5.32 Å². The fourth-order valence-corrected chi connectivity index (χ4v) is 1.84. The first-order chi connectivity index (χ1) is 8.65. The average Bonchev–Trinajstić information content (AvgIpc) is 2.35. The molecule has 0 aliphatic rings. The largest absolute Gasteiger partial charge is 0.366 e. The second-order valence-corrected chi connectivity index (χ2v) is 4.50. The van der Waals surface area contributed by atoms with Gasteiger partial charge in [-0.3, -0.25) is 0 Å². The molecule has 0 aliphatic heterocycles. The Labute approximate surface area is 110 Å². The number of nitrogens with one attached hydrogen (secondary N) is 1. The Hall–Kier alpha value is -1.68. The van der Waals surface area contributed by atoms with Crippen LogP contribution in [0.1, 0.15) is 12.5 Å². The Balaban J connectivity index is 1.99. The van der Waals surface area contributed by atoms with Gasteiger partial charge in [-0.25, -0.2) is 14.4 Å². The van der Waals surface area contributed by atoms with E-state index in [9.17, 15) is 4.39 Å². The number of rotatable bonds is 4. The summed E-state index contributed by atoms with van der Waals surface area (Å²) < 4.78 is 12.8. The summed E-state index contributed by atoms with van der Waals surface area (Å²) in [4.78, 5) is 7.88. The zero-order valence-electron chi connectivity index (χ0n) is 9.90. The molecule has 1 unspecified atom stereocenters. The van der Waals surface area contributed by atoms with Crippen molar-refractivity contribution in [1.29, 1.82) is 0 Å². The molecule has 94 valence electrons. The van der Waals surface area contributed by atoms with E-state index in [0.717, 1.165) is 12.0 Å². The molecular formula is C13H13ClFN3. The first-order valence-corrected chi connectivity index (χ1v) is 5.99. The van der Waals surface area contributed by atoms with Crippen LogP contribution in [0, 0.1) is 5.82 Å². The van der Waals surface area contributed by atoms with Crippen molar-refractivity contribution in [3.8, 4) is 0 Å². The first kappa shape index (κ1) is 12.8. The van der Waals surface area contributed by atoms with Crippen molar-refractivity contribution in [3.05, 3.63) is 53.2 Å². The minimum absolute atomic E-state index is 0.142. The number of hydrogen-bond acceptors (Lipinski definition) is 3. The van der Waals surface area contributed by atoms with Gasteiger partial charge in [0.2, 0.25) is 0 Å². The highest BCUT2D eigenvalue weighted by molar-refractivity contribution is 6.32. The molecule has 1 aromatic carbocycles. The molecular weight excluding hydrogens is 253 g/mol. The summed E-state index contributed by atoms with van der Waals surface area (Å²) in [7, 11) is 0. The summed E-state index contributed by atoms with van der Waals surface area (Å²) in [5.74, 6) is 0.388. The molecule has 1 aromatic heterocycles. The average molecular weight is 266 g/mol. The molecule has 0 amide bonds. The van der Waals surface area contributed by atoms with Gasteiger partial charge in [0.05, 0.1) is 6.20 Å². The summed E-state index contributed by atoms with van der Waals surface area (Å²) in [6, 6.07) is 6.60. The second-order valence-electron chi connectivity index (χ2n) is 4.10. The molecule has 0 spiro atoms. The molecule has 0 aliphatic carbocycles. The van der Waals surface area contributed by atoms with Crippen LogP contribution in [0.3, 0.4) is 0 Å². The Morgan fingerprint density at radius 2 is 2.06 bits per heavy atom. The molecule has 0 bridgehead atoms. The van der Waals surface area contributed by atoms with Crippen LogP contribution in [-0.4, -0.2) is 16.0 Å². The summed E-state index contributed by atoms with van der Waals surface area (Å²) in [5.41, 5.74) is 1.06. The van der Waals surface area contributed by atoms with Crippen LogP contribution in [0.25, 0.3) is 0 Å². The van der Waals surface area contributed by atoms with Gasteiger partial charge in [-0.15, -0.1) is 0 Å². The highest BCUT2D eigenvalue weighted by Crippen LogP contribution is 2.18. The third-order valence-corrected chi connectivity index (χ3v) is 2.78. The van der Waals surface area contributed by atoms with Crippen molar-refractivity contribution in [1.82, 2.24) is 9.97 Å². The summed E-state index contributed by atoms with van der Waals surface area (Å²) in [6.07, 6.45) is 3.75. The normalized spacial score (nSPS) is 12.2. The van der Waals surface area contributed by atoms with E-state index < -0.39 is 0 Å². The fourth-order valence-electron chi connectivity index (χ4n) is 1.68. The van der Waals surface area contributed by atoms with Gasteiger partial charge in [0.25, 0.3) is 0 Å². The van der Waals surface area contributed by atoms with Crippen LogP contribution < -0.4 is 5.32 Å². The number of benzene rings is 1. The molecule has 18 heavy (non-hydrogen) atoms. The lowest BCUT2D eigenvalue weighted by Gasteiger charge is -2.15. The predicted octanol–water partition coefficient (Wildman–Crippen LogP) is 3.31. The van der Waals surface area contributed by atoms with Gasteiger partial charge in [0.15, 0.2) is 0 Å². The SMILES string of the molecule is CC(Cc1ccc(F)cc1)Nc1ncncc1Cl. The Kier molecular flexibility index (Phi) is 4.10. The van der Waals surface area contributed by atoms with E-state index in [2.05, 4.69) is 15.3 Å². The molecule has 0 fully saturated rings. The summed E-state index contributed by atoms with van der Waals surface area (Å²) in [6.45, 7) is 2.02. The lowest BCUT2D eigenvalue weighted by molar-refractivity contribution is 0.626. The first-order valence-electron chi connectivity index (χ1n) is 5.61. The molecule has 3 nitrogen and oxygen atoms in total. The molecule has 0 radical (unpaired) electrons. The van der Waals surface area contributed by atoms with Gasteiger partial charge in [-0.05, 0) is 31.0 Å². The fraction of sp³-hybridized carbons (Fsp3) is 0.231. The van der Waals surface area contributed by atoms with Crippen molar-refractivity contribution < 1.29 is 4.39 Å². The Morgan fingerprint density at radius 1 is 1.33 bits per heavy atom. The minimum atomic E-state index is -0.224. The molecule has 1 N–H and O–H groups in total. The quantitative estimate of drug-likeness (QED) is 0.922. The zero-order chi connectivity index (χ0) is 13.0. The van der Waals surface area contributed by atoms with Gasteiger partial charge in [-0.1, -0.05) is 23.7 Å². The van der Waals surface area contributed by atoms with Crippen molar-refractivity contribution in [2.45, 2.75) is 19.4 Å². The van der Waals surface area contributed by atoms with Crippen LogP contribution in [0.4, 0.5) is 10.2 Å². The standard InChI is InChI=1S/C13H13ClFN3/c1-9(6-10-2-4-11(15)5-3-10)18-13-12(14)7-16-8-17-13/h2-5,7-9H,6H2,1H3,(H,16,17,18). The second kappa shape index (κ2) is 5.78. The number of anilines is 1. The topological polar surface area (TPSA) is 37.8 Å². The van der Waals surface area contributed by atoms with E-state index >= 15 is 0 Å². The van der Waals surface area contributed by atoms with Gasteiger partial charge in [-0.2, -0.15) is 0 Å². The van der Waals surface area contributed by atoms with E-state index in [4.69, 9.17) is 11.6 Å². The molecule has 0 saturated heterocycles. The highest BCUT2D eigenvalue weighted by atomic mass is 35.5. The van der Waals surface area contributed by atoms with Crippen LogP contribution in [0.15, 0.2) is 36.8 Å². The number of halogens is 2. The predicted molar refractivity (Wildman–Crippen MR) is 70.2 cm³/mol. The minimum Gasteiger partial charge on any atom is -0.366 e. The number of nitrogens with zero attached hydrogens (tertiary/aromatic N) is 2. The van der Waals surface area contributed by atoms with Gasteiger partial charge in [0.1, 0.15) is 23.0 Å². The lowest BCUT2D eigenvalue weighted by Crippen LogP contribution is -2.19. The molecule has 5 heteroatoms. The molecule has 2 rings (SSSR count). The molecule has 1 heterocycles. The Morgan fingerprint density at radius 3 is 2.72 bits per heavy atom. The molecule has 0 saturated carbocycles. The highest BCUT2D eigenvalue weighted by Gasteiger charge is 2.07. The van der Waals surface area contributed by atoms with Crippen molar-refractivity contribution >= 4 is 17.4 Å². The maximum atomic E-state index is 12.8. The zero-order valence-corrected chi connectivity index (χ0v) is 10.7. The summed E-state index contributed by atoms with van der Waals surface area (Å²) in [5, 5.41) is 3.69. The van der Waals surface area contributed by atoms with Crippen molar-refractivity contribution in [2.75, 3.05) is 5.32 Å². The van der Waals surface area contributed by atoms with E-state index in [0.29, 0.717) is 10.8 Å². The van der Waals surface area contributed by atoms with E-state index in [1.54, 1.807) is 18.3 Å². The third kappa shape index (κ3) is 3.40. The monoisotopic (exact) mass is 265 g/mol. The third-order valence-electron chi connectivity index (χ3n) is 2.51. The maximum Gasteiger partial charge on any atom is 0.148 e. The van der Waals surface area contributed by atoms with Crippen LogP contribution in [0.5, 0.6) is 0 Å². The number of hydrogen-bond donors (Lipinski definition) is 1. The molecule has 2 aromatic rings. The lowest BCUT2D eigenvalue weighted by atomic mass is 10.1.